The van der Waals surface area contributed by atoms with Gasteiger partial charge in [-0.05, 0) is 41.8 Å². The third kappa shape index (κ3) is 5.22. The fraction of sp³-hybridized carbons (Fsp3) is 0.350. The first-order valence-corrected chi connectivity index (χ1v) is 7.94. The summed E-state index contributed by atoms with van der Waals surface area (Å²) in [6, 6.07) is 16.2. The van der Waals surface area contributed by atoms with Gasteiger partial charge in [-0.1, -0.05) is 24.3 Å². The highest BCUT2D eigenvalue weighted by molar-refractivity contribution is 5.81. The van der Waals surface area contributed by atoms with E-state index in [2.05, 4.69) is 45.4 Å². The summed E-state index contributed by atoms with van der Waals surface area (Å²) >= 11 is 0. The summed E-state index contributed by atoms with van der Waals surface area (Å²) in [6.45, 7) is 0. The fourth-order valence-electron chi connectivity index (χ4n) is 2.45. The number of quaternary nitrogens is 1. The number of carbonyl (C=O) groups is 1. The third-order valence-corrected chi connectivity index (χ3v) is 3.96. The Kier molecular flexibility index (Phi) is 5.56. The first-order valence-electron chi connectivity index (χ1n) is 7.94. The van der Waals surface area contributed by atoms with Crippen LogP contribution in [0.3, 0.4) is 0 Å². The molecule has 23 heavy (non-hydrogen) atoms. The molecule has 0 saturated heterocycles. The molecular weight excluding hydrogens is 286 g/mol. The van der Waals surface area contributed by atoms with Crippen molar-refractivity contribution in [2.24, 2.45) is 0 Å². The topological polar surface area (TPSA) is 26.3 Å². The molecule has 0 N–H and O–H groups in total. The number of ether oxygens (including phenoxy) is 1. The summed E-state index contributed by atoms with van der Waals surface area (Å²) in [5, 5.41) is 0. The number of methoxy groups -OCH3 is 1. The maximum atomic E-state index is 12.2. The van der Waals surface area contributed by atoms with Gasteiger partial charge in [0.2, 0.25) is 0 Å². The molecule has 0 heterocycles. The second-order valence-electron chi connectivity index (χ2n) is 6.74. The Hall–Kier alpha value is -2.13. The Balaban J connectivity index is 1.86. The van der Waals surface area contributed by atoms with Crippen molar-refractivity contribution < 1.29 is 9.53 Å². The summed E-state index contributed by atoms with van der Waals surface area (Å²) in [5.74, 6) is 1.12. The van der Waals surface area contributed by atoms with E-state index in [4.69, 9.17) is 4.74 Å². The molecule has 0 radical (unpaired) electrons. The smallest absolute Gasteiger partial charge is 0.137 e. The van der Waals surface area contributed by atoms with Gasteiger partial charge in [-0.25, -0.2) is 0 Å². The van der Waals surface area contributed by atoms with E-state index in [1.807, 2.05) is 24.3 Å². The Morgan fingerprint density at radius 2 is 1.48 bits per heavy atom. The normalized spacial score (nSPS) is 11.3. The van der Waals surface area contributed by atoms with Gasteiger partial charge in [0.25, 0.3) is 0 Å². The van der Waals surface area contributed by atoms with Crippen molar-refractivity contribution in [2.75, 3.05) is 28.3 Å². The van der Waals surface area contributed by atoms with Gasteiger partial charge in [-0.3, -0.25) is 9.28 Å². The van der Waals surface area contributed by atoms with E-state index < -0.39 is 0 Å². The van der Waals surface area contributed by atoms with Gasteiger partial charge >= 0.3 is 0 Å². The molecule has 0 amide bonds. The molecule has 3 heteroatoms. The Labute approximate surface area is 139 Å². The maximum Gasteiger partial charge on any atom is 0.137 e. The highest BCUT2D eigenvalue weighted by Crippen LogP contribution is 2.18. The van der Waals surface area contributed by atoms with Crippen LogP contribution in [0.1, 0.15) is 17.5 Å². The second-order valence-corrected chi connectivity index (χ2v) is 6.74. The van der Waals surface area contributed by atoms with E-state index in [9.17, 15) is 4.79 Å². The van der Waals surface area contributed by atoms with E-state index in [1.165, 1.54) is 11.3 Å². The lowest BCUT2D eigenvalue weighted by atomic mass is 10.0. The second kappa shape index (κ2) is 7.42. The molecule has 3 nitrogen and oxygen atoms in total. The Morgan fingerprint density at radius 3 is 2.00 bits per heavy atom. The largest absolute Gasteiger partial charge is 0.497 e. The number of Topliss-reactive ketones (excluding diaryl/α,β-unsaturated/α-hetero) is 1. The van der Waals surface area contributed by atoms with Crippen LogP contribution in [0.25, 0.3) is 0 Å². The Morgan fingerprint density at radius 1 is 0.913 bits per heavy atom. The number of benzene rings is 2. The summed E-state index contributed by atoms with van der Waals surface area (Å²) in [5.41, 5.74) is 3.49. The van der Waals surface area contributed by atoms with Crippen molar-refractivity contribution in [3.05, 3.63) is 59.7 Å². The zero-order valence-corrected chi connectivity index (χ0v) is 14.5. The molecule has 0 spiro atoms. The minimum Gasteiger partial charge on any atom is -0.497 e. The fourth-order valence-corrected chi connectivity index (χ4v) is 2.45. The van der Waals surface area contributed by atoms with Crippen LogP contribution in [0.15, 0.2) is 48.5 Å². The number of carbonyl (C=O) groups excluding carboxylic acids is 1. The van der Waals surface area contributed by atoms with Crippen LogP contribution in [-0.4, -0.2) is 34.0 Å². The lowest BCUT2D eigenvalue weighted by Crippen LogP contribution is -2.34. The number of ketones is 1. The standard InChI is InChI=1S/C20H26NO2/c1-21(2,3)18-10-5-17(6-11-18)15-19(22)12-7-16-8-13-20(23-4)14-9-16/h5-6,8-11,13-14H,7,12,15H2,1-4H3/q+1. The van der Waals surface area contributed by atoms with Crippen molar-refractivity contribution in [3.63, 3.8) is 0 Å². The summed E-state index contributed by atoms with van der Waals surface area (Å²) in [6.07, 6.45) is 1.86. The summed E-state index contributed by atoms with van der Waals surface area (Å²) < 4.78 is 5.92. The van der Waals surface area contributed by atoms with Gasteiger partial charge in [0.15, 0.2) is 0 Å². The van der Waals surface area contributed by atoms with Crippen LogP contribution in [-0.2, 0) is 17.6 Å². The molecule has 0 unspecified atom stereocenters. The molecule has 0 aliphatic rings. The SMILES string of the molecule is COc1ccc(CCC(=O)Cc2ccc([N+](C)(C)C)cc2)cc1. The Bertz CT molecular complexity index is 637. The molecule has 0 aromatic heterocycles. The first kappa shape index (κ1) is 17.2. The van der Waals surface area contributed by atoms with Gasteiger partial charge in [-0.2, -0.15) is 0 Å². The lowest BCUT2D eigenvalue weighted by molar-refractivity contribution is -0.118. The van der Waals surface area contributed by atoms with Gasteiger partial charge in [-0.15, -0.1) is 0 Å². The number of hydrogen-bond acceptors (Lipinski definition) is 2. The van der Waals surface area contributed by atoms with Crippen LogP contribution >= 0.6 is 0 Å². The van der Waals surface area contributed by atoms with Crippen molar-refractivity contribution in [2.45, 2.75) is 19.3 Å². The van der Waals surface area contributed by atoms with Gasteiger partial charge in [0.1, 0.15) is 17.2 Å². The molecule has 2 aromatic carbocycles. The molecule has 0 fully saturated rings. The number of hydrogen-bond donors (Lipinski definition) is 0. The molecule has 122 valence electrons. The van der Waals surface area contributed by atoms with Crippen LogP contribution in [0, 0.1) is 0 Å². The quantitative estimate of drug-likeness (QED) is 0.730. The average molecular weight is 312 g/mol. The van der Waals surface area contributed by atoms with Crippen LogP contribution in [0.2, 0.25) is 0 Å². The van der Waals surface area contributed by atoms with Gasteiger partial charge in [0.05, 0.1) is 28.3 Å². The molecule has 2 aromatic rings. The molecule has 0 aliphatic heterocycles. The van der Waals surface area contributed by atoms with Crippen molar-refractivity contribution in [1.29, 1.82) is 0 Å². The van der Waals surface area contributed by atoms with Crippen molar-refractivity contribution in [1.82, 2.24) is 4.48 Å². The lowest BCUT2D eigenvalue weighted by Gasteiger charge is -2.23. The van der Waals surface area contributed by atoms with E-state index >= 15 is 0 Å². The van der Waals surface area contributed by atoms with E-state index in [0.717, 1.165) is 22.2 Å². The predicted molar refractivity (Wildman–Crippen MR) is 96.0 cm³/mol. The van der Waals surface area contributed by atoms with E-state index in [-0.39, 0.29) is 5.78 Å². The predicted octanol–water partition coefficient (Wildman–Crippen LogP) is 3.64. The number of rotatable bonds is 7. The monoisotopic (exact) mass is 312 g/mol. The van der Waals surface area contributed by atoms with Gasteiger partial charge in [0, 0.05) is 12.8 Å². The van der Waals surface area contributed by atoms with E-state index in [0.29, 0.717) is 12.8 Å². The third-order valence-electron chi connectivity index (χ3n) is 3.96. The minimum absolute atomic E-state index is 0.277. The zero-order chi connectivity index (χ0) is 16.9. The molecule has 0 saturated carbocycles. The average Bonchev–Trinajstić information content (AvgIpc) is 2.53. The summed E-state index contributed by atoms with van der Waals surface area (Å²) in [7, 11) is 8.06. The van der Waals surface area contributed by atoms with Gasteiger partial charge < -0.3 is 4.74 Å². The number of nitrogens with zero attached hydrogens (tertiary/aromatic N) is 1. The van der Waals surface area contributed by atoms with Crippen LogP contribution < -0.4 is 9.22 Å². The molecular formula is C20H26NO2+. The first-order chi connectivity index (χ1) is 10.9. The highest BCUT2D eigenvalue weighted by atomic mass is 16.5. The number of aryl methyl sites for hydroxylation is 1. The van der Waals surface area contributed by atoms with Crippen molar-refractivity contribution >= 4 is 11.5 Å². The van der Waals surface area contributed by atoms with E-state index in [1.54, 1.807) is 7.11 Å². The minimum atomic E-state index is 0.277. The highest BCUT2D eigenvalue weighted by Gasteiger charge is 2.12. The molecule has 0 bridgehead atoms. The van der Waals surface area contributed by atoms with Crippen LogP contribution in [0.4, 0.5) is 5.69 Å². The molecule has 0 atom stereocenters. The van der Waals surface area contributed by atoms with Crippen molar-refractivity contribution in [3.8, 4) is 5.75 Å². The molecule has 2 rings (SSSR count). The molecule has 0 aliphatic carbocycles. The maximum absolute atomic E-state index is 12.2. The zero-order valence-electron chi connectivity index (χ0n) is 14.5. The summed E-state index contributed by atoms with van der Waals surface area (Å²) in [4.78, 5) is 12.2. The van der Waals surface area contributed by atoms with Crippen LogP contribution in [0.5, 0.6) is 5.75 Å².